The SMILES string of the molecule is COC1CCCN(c2ccc3c(c2)N(C(=O)C2CC4COC[C@@H](C2)N4CC(F)(F)F)Cc2cccnc2N3)C1. The Morgan fingerprint density at radius 1 is 1.21 bits per heavy atom. The van der Waals surface area contributed by atoms with Crippen molar-refractivity contribution in [3.05, 3.63) is 42.1 Å². The van der Waals surface area contributed by atoms with E-state index in [9.17, 15) is 18.0 Å². The number of halogens is 3. The van der Waals surface area contributed by atoms with Crippen molar-refractivity contribution in [3.63, 3.8) is 0 Å². The van der Waals surface area contributed by atoms with Crippen LogP contribution in [0.3, 0.4) is 0 Å². The molecule has 39 heavy (non-hydrogen) atoms. The Balaban J connectivity index is 1.31. The number of rotatable bonds is 4. The van der Waals surface area contributed by atoms with Crippen LogP contribution in [0.4, 0.5) is 36.1 Å². The van der Waals surface area contributed by atoms with Crippen molar-refractivity contribution in [1.82, 2.24) is 9.88 Å². The van der Waals surface area contributed by atoms with Gasteiger partial charge in [-0.2, -0.15) is 13.2 Å². The first-order chi connectivity index (χ1) is 18.8. The highest BCUT2D eigenvalue weighted by molar-refractivity contribution is 6.00. The number of hydrogen-bond acceptors (Lipinski definition) is 7. The van der Waals surface area contributed by atoms with Crippen LogP contribution in [0.15, 0.2) is 36.5 Å². The van der Waals surface area contributed by atoms with Gasteiger partial charge in [0.05, 0.1) is 43.8 Å². The van der Waals surface area contributed by atoms with Gasteiger partial charge in [0, 0.05) is 55.6 Å². The van der Waals surface area contributed by atoms with Crippen LogP contribution in [0.1, 0.15) is 31.2 Å². The Morgan fingerprint density at radius 3 is 2.74 bits per heavy atom. The van der Waals surface area contributed by atoms with E-state index in [4.69, 9.17) is 9.47 Å². The van der Waals surface area contributed by atoms with Crippen LogP contribution in [-0.4, -0.2) is 80.1 Å². The molecule has 3 unspecified atom stereocenters. The average molecular weight is 546 g/mol. The van der Waals surface area contributed by atoms with Crippen LogP contribution in [-0.2, 0) is 20.8 Å². The Kier molecular flexibility index (Phi) is 7.15. The lowest BCUT2D eigenvalue weighted by molar-refractivity contribution is -0.184. The molecule has 0 saturated carbocycles. The van der Waals surface area contributed by atoms with Gasteiger partial charge in [-0.15, -0.1) is 0 Å². The van der Waals surface area contributed by atoms with Crippen molar-refractivity contribution >= 4 is 28.8 Å². The first kappa shape index (κ1) is 26.3. The van der Waals surface area contributed by atoms with E-state index in [0.29, 0.717) is 25.2 Å². The smallest absolute Gasteiger partial charge is 0.380 e. The van der Waals surface area contributed by atoms with E-state index in [-0.39, 0.29) is 25.2 Å². The van der Waals surface area contributed by atoms with E-state index in [1.54, 1.807) is 18.2 Å². The molecule has 1 N–H and O–H groups in total. The van der Waals surface area contributed by atoms with E-state index in [1.807, 2.05) is 24.3 Å². The van der Waals surface area contributed by atoms with Gasteiger partial charge >= 0.3 is 6.18 Å². The van der Waals surface area contributed by atoms with Gasteiger partial charge in [-0.1, -0.05) is 6.07 Å². The van der Waals surface area contributed by atoms with E-state index >= 15 is 0 Å². The summed E-state index contributed by atoms with van der Waals surface area (Å²) in [6, 6.07) is 9.02. The fourth-order valence-electron chi connectivity index (χ4n) is 6.55. The summed E-state index contributed by atoms with van der Waals surface area (Å²) in [5.74, 6) is 0.240. The molecular weight excluding hydrogens is 511 g/mol. The minimum Gasteiger partial charge on any atom is -0.380 e. The van der Waals surface area contributed by atoms with Crippen molar-refractivity contribution in [2.45, 2.75) is 56.6 Å². The molecule has 0 radical (unpaired) electrons. The summed E-state index contributed by atoms with van der Waals surface area (Å²) in [7, 11) is 1.74. The first-order valence-electron chi connectivity index (χ1n) is 13.6. The van der Waals surface area contributed by atoms with Crippen LogP contribution in [0, 0.1) is 5.92 Å². The second-order valence-corrected chi connectivity index (χ2v) is 11.0. The lowest BCUT2D eigenvalue weighted by Gasteiger charge is -2.48. The minimum atomic E-state index is -4.29. The highest BCUT2D eigenvalue weighted by Crippen LogP contribution is 2.41. The van der Waals surface area contributed by atoms with Gasteiger partial charge in [0.2, 0.25) is 5.91 Å². The Hall–Kier alpha value is -2.89. The molecule has 2 aromatic rings. The maximum atomic E-state index is 14.3. The number of nitrogens with one attached hydrogen (secondary N) is 1. The van der Waals surface area contributed by atoms with E-state index in [2.05, 4.69) is 21.3 Å². The fraction of sp³-hybridized carbons (Fsp3) is 0.571. The summed E-state index contributed by atoms with van der Waals surface area (Å²) < 4.78 is 51.1. The van der Waals surface area contributed by atoms with E-state index < -0.39 is 30.7 Å². The molecule has 4 aliphatic heterocycles. The lowest BCUT2D eigenvalue weighted by atomic mass is 9.83. The molecule has 11 heteroatoms. The maximum Gasteiger partial charge on any atom is 0.401 e. The third-order valence-corrected chi connectivity index (χ3v) is 8.47. The molecule has 1 aromatic heterocycles. The number of fused-ring (bicyclic) bond motifs is 4. The summed E-state index contributed by atoms with van der Waals surface area (Å²) in [6.45, 7) is 1.47. The predicted octanol–water partition coefficient (Wildman–Crippen LogP) is 4.33. The van der Waals surface area contributed by atoms with Crippen LogP contribution in [0.5, 0.6) is 0 Å². The number of ether oxygens (including phenoxy) is 2. The quantitative estimate of drug-likeness (QED) is 0.614. The topological polar surface area (TPSA) is 70.2 Å². The molecule has 0 spiro atoms. The number of anilines is 4. The van der Waals surface area contributed by atoms with E-state index in [0.717, 1.165) is 48.6 Å². The van der Waals surface area contributed by atoms with Crippen molar-refractivity contribution in [2.24, 2.45) is 5.92 Å². The van der Waals surface area contributed by atoms with Gasteiger partial charge in [0.25, 0.3) is 0 Å². The molecule has 6 rings (SSSR count). The molecule has 8 nitrogen and oxygen atoms in total. The number of carbonyl (C=O) groups is 1. The summed E-state index contributed by atoms with van der Waals surface area (Å²) in [5.41, 5.74) is 3.44. The summed E-state index contributed by atoms with van der Waals surface area (Å²) in [5, 5.41) is 3.41. The molecule has 3 fully saturated rings. The third kappa shape index (κ3) is 5.44. The van der Waals surface area contributed by atoms with Crippen molar-refractivity contribution in [1.29, 1.82) is 0 Å². The van der Waals surface area contributed by atoms with Crippen molar-refractivity contribution < 1.29 is 27.4 Å². The summed E-state index contributed by atoms with van der Waals surface area (Å²) >= 11 is 0. The second-order valence-electron chi connectivity index (χ2n) is 11.0. The zero-order valence-corrected chi connectivity index (χ0v) is 22.0. The number of amides is 1. The molecule has 0 aliphatic carbocycles. The first-order valence-corrected chi connectivity index (χ1v) is 13.6. The number of nitrogens with zero attached hydrogens (tertiary/aromatic N) is 4. The van der Waals surface area contributed by atoms with Gasteiger partial charge in [-0.3, -0.25) is 9.69 Å². The Labute approximate surface area is 226 Å². The number of aromatic nitrogens is 1. The van der Waals surface area contributed by atoms with Crippen LogP contribution in [0.2, 0.25) is 0 Å². The minimum absolute atomic E-state index is 0.0659. The fourth-order valence-corrected chi connectivity index (χ4v) is 6.55. The summed E-state index contributed by atoms with van der Waals surface area (Å²) in [6.07, 6.45) is 0.303. The van der Waals surface area contributed by atoms with E-state index in [1.165, 1.54) is 4.90 Å². The molecule has 1 amide bonds. The van der Waals surface area contributed by atoms with Gasteiger partial charge in [-0.05, 0) is 49.9 Å². The largest absolute Gasteiger partial charge is 0.401 e. The second kappa shape index (κ2) is 10.6. The highest BCUT2D eigenvalue weighted by Gasteiger charge is 2.46. The van der Waals surface area contributed by atoms with Crippen LogP contribution in [0.25, 0.3) is 0 Å². The van der Waals surface area contributed by atoms with Crippen molar-refractivity contribution in [3.8, 4) is 0 Å². The number of pyridine rings is 1. The molecule has 4 atom stereocenters. The lowest BCUT2D eigenvalue weighted by Crippen LogP contribution is -2.60. The van der Waals surface area contributed by atoms with Crippen molar-refractivity contribution in [2.75, 3.05) is 55.1 Å². The number of carbonyl (C=O) groups excluding carboxylic acids is 1. The molecular formula is C28H34F3N5O3. The predicted molar refractivity (Wildman–Crippen MR) is 141 cm³/mol. The molecule has 210 valence electrons. The Morgan fingerprint density at radius 2 is 2.00 bits per heavy atom. The third-order valence-electron chi connectivity index (χ3n) is 8.47. The Bertz CT molecular complexity index is 1200. The molecule has 3 saturated heterocycles. The molecule has 2 bridgehead atoms. The normalized spacial score (nSPS) is 27.3. The molecule has 1 aromatic carbocycles. The number of benzene rings is 1. The number of piperidine rings is 2. The standard InChI is InChI=1S/C28H34F3N5O3/c1-38-23-5-3-9-34(14-23)20-6-7-24-25(12-20)35(13-18-4-2-8-32-26(18)33-24)27(37)19-10-21-15-39-16-22(11-19)36(21)17-28(29,30)31/h2,4,6-8,12,19,21-23H,3,5,9-11,13-17H2,1H3,(H,32,33)/t19?,21-,22?,23?/m1/s1. The highest BCUT2D eigenvalue weighted by atomic mass is 19.4. The monoisotopic (exact) mass is 545 g/mol. The van der Waals surface area contributed by atoms with Crippen LogP contribution < -0.4 is 15.1 Å². The van der Waals surface area contributed by atoms with Gasteiger partial charge in [0.15, 0.2) is 0 Å². The van der Waals surface area contributed by atoms with Gasteiger partial charge in [-0.25, -0.2) is 4.98 Å². The maximum absolute atomic E-state index is 14.3. The zero-order chi connectivity index (χ0) is 27.1. The molecule has 4 aliphatic rings. The van der Waals surface area contributed by atoms with Gasteiger partial charge in [0.1, 0.15) is 5.82 Å². The number of alkyl halides is 3. The molecule has 5 heterocycles. The number of hydrogen-bond donors (Lipinski definition) is 1. The number of methoxy groups -OCH3 is 1. The number of morpholine rings is 1. The zero-order valence-electron chi connectivity index (χ0n) is 22.0. The van der Waals surface area contributed by atoms with Crippen LogP contribution >= 0.6 is 0 Å². The summed E-state index contributed by atoms with van der Waals surface area (Å²) in [4.78, 5) is 24.3. The van der Waals surface area contributed by atoms with Gasteiger partial charge < -0.3 is 24.6 Å². The average Bonchev–Trinajstić information content (AvgIpc) is 3.08.